The lowest BCUT2D eigenvalue weighted by Gasteiger charge is -2.39. The first-order valence-electron chi connectivity index (χ1n) is 12.1. The number of pyridine rings is 2. The minimum absolute atomic E-state index is 0.0387. The van der Waals surface area contributed by atoms with Gasteiger partial charge in [-0.2, -0.15) is 13.2 Å². The number of rotatable bonds is 6. The molecule has 0 aromatic carbocycles. The van der Waals surface area contributed by atoms with Gasteiger partial charge < -0.3 is 10.4 Å². The highest BCUT2D eigenvalue weighted by atomic mass is 19.4. The number of nitrogens with zero attached hydrogens (tertiary/aromatic N) is 5. The van der Waals surface area contributed by atoms with Crippen LogP contribution in [0.25, 0.3) is 11.4 Å². The van der Waals surface area contributed by atoms with E-state index in [-0.39, 0.29) is 6.04 Å². The van der Waals surface area contributed by atoms with E-state index >= 15 is 0 Å². The predicted octanol–water partition coefficient (Wildman–Crippen LogP) is 4.69. The van der Waals surface area contributed by atoms with Crippen LogP contribution in [0.4, 0.5) is 19.0 Å². The van der Waals surface area contributed by atoms with Gasteiger partial charge in [0.15, 0.2) is 12.1 Å². The molecule has 10 heteroatoms. The second kappa shape index (κ2) is 9.40. The predicted molar refractivity (Wildman–Crippen MR) is 129 cm³/mol. The number of alkyl halides is 3. The second-order valence-electron chi connectivity index (χ2n) is 9.89. The number of aliphatic hydroxyl groups is 1. The number of fused-ring (bicyclic) bond motifs is 1. The number of aryl methyl sites for hydroxylation is 3. The third-order valence-corrected chi connectivity index (χ3v) is 7.01. The van der Waals surface area contributed by atoms with Gasteiger partial charge in [0.05, 0.1) is 11.3 Å². The van der Waals surface area contributed by atoms with Gasteiger partial charge in [-0.25, -0.2) is 15.0 Å². The van der Waals surface area contributed by atoms with Crippen molar-refractivity contribution in [2.75, 3.05) is 18.4 Å². The number of anilines is 1. The zero-order valence-corrected chi connectivity index (χ0v) is 20.4. The van der Waals surface area contributed by atoms with E-state index in [1.54, 1.807) is 0 Å². The van der Waals surface area contributed by atoms with Crippen LogP contribution < -0.4 is 5.32 Å². The van der Waals surface area contributed by atoms with E-state index in [2.05, 4.69) is 20.3 Å². The largest absolute Gasteiger partial charge is 0.417 e. The maximum Gasteiger partial charge on any atom is 0.417 e. The number of piperidine rings is 1. The molecule has 0 amide bonds. The third kappa shape index (κ3) is 5.19. The minimum Gasteiger partial charge on any atom is -0.372 e. The van der Waals surface area contributed by atoms with E-state index in [9.17, 15) is 18.3 Å². The first-order chi connectivity index (χ1) is 17.1. The van der Waals surface area contributed by atoms with Gasteiger partial charge in [0.2, 0.25) is 0 Å². The molecular weight excluding hydrogens is 469 g/mol. The number of likely N-dealkylation sites (tertiary alicyclic amines) is 1. The maximum atomic E-state index is 12.9. The molecule has 2 unspecified atom stereocenters. The molecule has 2 aliphatic rings. The molecule has 0 spiro atoms. The fourth-order valence-corrected chi connectivity index (χ4v) is 5.08. The minimum atomic E-state index is -4.42. The van der Waals surface area contributed by atoms with Gasteiger partial charge in [-0.05, 0) is 75.8 Å². The van der Waals surface area contributed by atoms with E-state index in [1.165, 1.54) is 6.07 Å². The molecule has 1 saturated carbocycles. The molecule has 7 nitrogen and oxygen atoms in total. The number of halogens is 3. The summed E-state index contributed by atoms with van der Waals surface area (Å²) in [5, 5.41) is 14.8. The van der Waals surface area contributed by atoms with Gasteiger partial charge in [0, 0.05) is 48.0 Å². The number of aliphatic hydroxyl groups excluding tert-OH is 1. The Hall–Kier alpha value is -3.11. The summed E-state index contributed by atoms with van der Waals surface area (Å²) in [5.41, 5.74) is 2.87. The Morgan fingerprint density at radius 2 is 1.75 bits per heavy atom. The summed E-state index contributed by atoms with van der Waals surface area (Å²) in [6, 6.07) is 8.00. The van der Waals surface area contributed by atoms with Gasteiger partial charge >= 0.3 is 6.18 Å². The van der Waals surface area contributed by atoms with Crippen molar-refractivity contribution in [3.63, 3.8) is 0 Å². The molecule has 4 atom stereocenters. The van der Waals surface area contributed by atoms with Crippen molar-refractivity contribution < 1.29 is 18.3 Å². The van der Waals surface area contributed by atoms with E-state index in [1.807, 2.05) is 43.9 Å². The summed E-state index contributed by atoms with van der Waals surface area (Å²) < 4.78 is 38.6. The zero-order valence-electron chi connectivity index (χ0n) is 20.4. The summed E-state index contributed by atoms with van der Waals surface area (Å²) in [5.74, 6) is 2.03. The summed E-state index contributed by atoms with van der Waals surface area (Å²) in [4.78, 5) is 19.8. The van der Waals surface area contributed by atoms with Crippen LogP contribution in [0.2, 0.25) is 0 Å². The van der Waals surface area contributed by atoms with Crippen LogP contribution in [-0.2, 0) is 6.18 Å². The molecule has 1 aliphatic heterocycles. The Kier molecular flexibility index (Phi) is 6.42. The fourth-order valence-electron chi connectivity index (χ4n) is 5.08. The van der Waals surface area contributed by atoms with E-state index in [4.69, 9.17) is 4.98 Å². The molecule has 0 radical (unpaired) electrons. The Morgan fingerprint density at radius 3 is 2.42 bits per heavy atom. The van der Waals surface area contributed by atoms with Crippen molar-refractivity contribution in [2.45, 2.75) is 52.1 Å². The molecule has 36 heavy (non-hydrogen) atoms. The quantitative estimate of drug-likeness (QED) is 0.510. The van der Waals surface area contributed by atoms with Gasteiger partial charge in [-0.1, -0.05) is 0 Å². The molecule has 3 aromatic rings. The Morgan fingerprint density at radius 1 is 1.00 bits per heavy atom. The van der Waals surface area contributed by atoms with E-state index in [0.717, 1.165) is 48.7 Å². The van der Waals surface area contributed by atoms with E-state index < -0.39 is 18.0 Å². The van der Waals surface area contributed by atoms with Crippen molar-refractivity contribution in [3.8, 4) is 11.4 Å². The van der Waals surface area contributed by atoms with Gasteiger partial charge in [-0.3, -0.25) is 9.88 Å². The van der Waals surface area contributed by atoms with Crippen molar-refractivity contribution in [1.29, 1.82) is 0 Å². The molecule has 3 aromatic heterocycles. The molecule has 2 N–H and O–H groups in total. The van der Waals surface area contributed by atoms with Crippen molar-refractivity contribution >= 4 is 5.82 Å². The Bertz CT molecular complexity index is 1230. The zero-order chi connectivity index (χ0) is 25.6. The summed E-state index contributed by atoms with van der Waals surface area (Å²) >= 11 is 0. The van der Waals surface area contributed by atoms with Gasteiger partial charge in [0.1, 0.15) is 5.82 Å². The van der Waals surface area contributed by atoms with Crippen molar-refractivity contribution in [2.24, 2.45) is 11.8 Å². The second-order valence-corrected chi connectivity index (χ2v) is 9.89. The molecule has 1 aliphatic carbocycles. The number of nitrogens with one attached hydrogen (secondary N) is 1. The number of aromatic nitrogens is 4. The van der Waals surface area contributed by atoms with Crippen LogP contribution in [0.1, 0.15) is 47.4 Å². The van der Waals surface area contributed by atoms with Crippen LogP contribution in [0.15, 0.2) is 36.5 Å². The average molecular weight is 499 g/mol. The smallest absolute Gasteiger partial charge is 0.372 e. The lowest BCUT2D eigenvalue weighted by Crippen LogP contribution is -2.47. The van der Waals surface area contributed by atoms with Crippen LogP contribution in [0.3, 0.4) is 0 Å². The monoisotopic (exact) mass is 498 g/mol. The number of hydrogen-bond acceptors (Lipinski definition) is 7. The average Bonchev–Trinajstić information content (AvgIpc) is 3.59. The normalized spacial score (nSPS) is 22.7. The molecule has 190 valence electrons. The lowest BCUT2D eigenvalue weighted by molar-refractivity contribution is -0.137. The summed E-state index contributed by atoms with van der Waals surface area (Å²) in [6.07, 6.45) is -2.56. The first kappa shape index (κ1) is 24.6. The first-order valence-corrected chi connectivity index (χ1v) is 12.1. The molecule has 2 fully saturated rings. The van der Waals surface area contributed by atoms with Gasteiger partial charge in [0.25, 0.3) is 0 Å². The third-order valence-electron chi connectivity index (χ3n) is 7.01. The van der Waals surface area contributed by atoms with Crippen LogP contribution in [0.5, 0.6) is 0 Å². The molecular formula is C26H29F3N6O. The molecule has 4 heterocycles. The topological polar surface area (TPSA) is 87.1 Å². The highest BCUT2D eigenvalue weighted by Crippen LogP contribution is 2.49. The summed E-state index contributed by atoms with van der Waals surface area (Å²) in [6.45, 7) is 6.86. The van der Waals surface area contributed by atoms with Crippen LogP contribution in [0, 0.1) is 32.6 Å². The standard InChI is InChI=1S/C26H29F3N6O/c1-14-4-6-21(24-33-15(2)8-16(3)34-24)23(32-14)25(36)35-13-18-9-17(18)10-20(35)12-31-22-7-5-19(11-30-22)26(27,28)29/h4-8,11,17-18,20,25,36H,9-10,12-13H2,1-3H3,(H,30,31)/t17-,18+,20?,25?/m1/s1. The Labute approximate surface area is 207 Å². The van der Waals surface area contributed by atoms with Crippen molar-refractivity contribution in [3.05, 3.63) is 64.9 Å². The van der Waals surface area contributed by atoms with E-state index in [0.29, 0.717) is 41.3 Å². The van der Waals surface area contributed by atoms with Crippen LogP contribution in [-0.4, -0.2) is 49.1 Å². The van der Waals surface area contributed by atoms with Crippen LogP contribution >= 0.6 is 0 Å². The molecule has 0 bridgehead atoms. The maximum absolute atomic E-state index is 12.9. The highest BCUT2D eigenvalue weighted by Gasteiger charge is 2.47. The summed E-state index contributed by atoms with van der Waals surface area (Å²) in [7, 11) is 0. The SMILES string of the molecule is Cc1cc(C)nc(-c2ccc(C)nc2C(O)N2C[C@@H]3C[C@@H]3CC2CNc2ccc(C(F)(F)F)cn2)n1. The molecule has 1 saturated heterocycles. The lowest BCUT2D eigenvalue weighted by atomic mass is 9.99. The fraction of sp³-hybridized carbons (Fsp3) is 0.462. The number of hydrogen-bond donors (Lipinski definition) is 2. The molecule has 5 rings (SSSR count). The highest BCUT2D eigenvalue weighted by molar-refractivity contribution is 5.59. The van der Waals surface area contributed by atoms with Gasteiger partial charge in [-0.15, -0.1) is 0 Å². The van der Waals surface area contributed by atoms with Crippen molar-refractivity contribution in [1.82, 2.24) is 24.8 Å². The Balaban J connectivity index is 1.39.